The molecule has 8 nitrogen and oxygen atoms in total. The molecule has 4 rings (SSSR count). The number of hydrogen-bond acceptors (Lipinski definition) is 6. The molecule has 11 heteroatoms. The van der Waals surface area contributed by atoms with Crippen molar-refractivity contribution in [1.29, 1.82) is 0 Å². The fourth-order valence-electron chi connectivity index (χ4n) is 3.03. The lowest BCUT2D eigenvalue weighted by atomic mass is 10.2. The number of anilines is 1. The quantitative estimate of drug-likeness (QED) is 0.544. The molecule has 3 heterocycles. The highest BCUT2D eigenvalue weighted by Crippen LogP contribution is 2.37. The van der Waals surface area contributed by atoms with Gasteiger partial charge in [-0.3, -0.25) is 4.72 Å². The Hall–Kier alpha value is -2.43. The second-order valence-electron chi connectivity index (χ2n) is 5.98. The molecule has 0 aliphatic rings. The third-order valence-corrected chi connectivity index (χ3v) is 7.09. The first-order valence-electron chi connectivity index (χ1n) is 7.88. The fraction of sp³-hybridized carbons (Fsp3) is 0.188. The van der Waals surface area contributed by atoms with Gasteiger partial charge < -0.3 is 0 Å². The monoisotopic (exact) mass is 422 g/mol. The molecule has 0 unspecified atom stereocenters. The van der Waals surface area contributed by atoms with Crippen molar-refractivity contribution in [2.45, 2.75) is 18.7 Å². The highest BCUT2D eigenvalue weighted by Gasteiger charge is 2.27. The van der Waals surface area contributed by atoms with Crippen LogP contribution in [0.1, 0.15) is 10.6 Å². The first kappa shape index (κ1) is 18.0. The van der Waals surface area contributed by atoms with Gasteiger partial charge in [-0.25, -0.2) is 22.8 Å². The molecule has 140 valence electrons. The van der Waals surface area contributed by atoms with E-state index in [1.165, 1.54) is 28.7 Å². The van der Waals surface area contributed by atoms with Crippen LogP contribution in [0.25, 0.3) is 15.9 Å². The van der Waals surface area contributed by atoms with Crippen molar-refractivity contribution in [3.05, 3.63) is 46.4 Å². The van der Waals surface area contributed by atoms with Gasteiger partial charge in [0, 0.05) is 27.0 Å². The summed E-state index contributed by atoms with van der Waals surface area (Å²) in [6.45, 7) is 3.51. The number of fused-ring (bicyclic) bond motifs is 1. The summed E-state index contributed by atoms with van der Waals surface area (Å²) in [5.41, 5.74) is 0.880. The third kappa shape index (κ3) is 2.99. The van der Waals surface area contributed by atoms with Crippen molar-refractivity contribution >= 4 is 48.7 Å². The zero-order chi connectivity index (χ0) is 19.3. The highest BCUT2D eigenvalue weighted by atomic mass is 35.5. The maximum absolute atomic E-state index is 13.3. The molecule has 0 spiro atoms. The summed E-state index contributed by atoms with van der Waals surface area (Å²) in [5, 5.41) is 9.48. The summed E-state index contributed by atoms with van der Waals surface area (Å²) in [4.78, 5) is 4.83. The molecule has 0 saturated carbocycles. The predicted octanol–water partition coefficient (Wildman–Crippen LogP) is 3.29. The van der Waals surface area contributed by atoms with E-state index in [9.17, 15) is 8.42 Å². The molecule has 3 aromatic heterocycles. The number of aryl methyl sites for hydroxylation is 3. The number of benzene rings is 1. The van der Waals surface area contributed by atoms with Crippen LogP contribution in [0.2, 0.25) is 5.02 Å². The minimum atomic E-state index is -3.88. The molecule has 0 atom stereocenters. The average molecular weight is 423 g/mol. The van der Waals surface area contributed by atoms with Crippen LogP contribution < -0.4 is 4.72 Å². The van der Waals surface area contributed by atoms with Gasteiger partial charge in [0.25, 0.3) is 10.0 Å². The van der Waals surface area contributed by atoms with E-state index in [1.807, 2.05) is 6.07 Å². The summed E-state index contributed by atoms with van der Waals surface area (Å²) in [6, 6.07) is 5.24. The minimum absolute atomic E-state index is 0.220. The number of sulfonamides is 1. The van der Waals surface area contributed by atoms with E-state index in [-0.39, 0.29) is 4.90 Å². The lowest BCUT2D eigenvalue weighted by Crippen LogP contribution is -2.16. The number of halogens is 1. The SMILES string of the molecule is Cc1nn(C)c(-n2cncn2)c1NS(=O)(=O)c1c(C)sc2ccc(Cl)cc12. The molecular weight excluding hydrogens is 408 g/mol. The summed E-state index contributed by atoms with van der Waals surface area (Å²) in [6.07, 6.45) is 2.86. The van der Waals surface area contributed by atoms with Gasteiger partial charge in [0.1, 0.15) is 23.2 Å². The molecule has 0 amide bonds. The Morgan fingerprint density at radius 2 is 2.04 bits per heavy atom. The largest absolute Gasteiger partial charge is 0.274 e. The van der Waals surface area contributed by atoms with Gasteiger partial charge >= 0.3 is 0 Å². The van der Waals surface area contributed by atoms with E-state index in [0.29, 0.717) is 32.5 Å². The van der Waals surface area contributed by atoms with Crippen molar-refractivity contribution in [3.8, 4) is 5.82 Å². The van der Waals surface area contributed by atoms with Crippen LogP contribution in [0, 0.1) is 13.8 Å². The normalized spacial score (nSPS) is 12.0. The lowest BCUT2D eigenvalue weighted by molar-refractivity contribution is 0.601. The zero-order valence-electron chi connectivity index (χ0n) is 14.6. The molecule has 4 aromatic rings. The van der Waals surface area contributed by atoms with E-state index in [4.69, 9.17) is 11.6 Å². The Kier molecular flexibility index (Phi) is 4.21. The van der Waals surface area contributed by atoms with Crippen molar-refractivity contribution in [3.63, 3.8) is 0 Å². The van der Waals surface area contributed by atoms with Gasteiger partial charge in [0.2, 0.25) is 0 Å². The number of nitrogens with zero attached hydrogens (tertiary/aromatic N) is 5. The van der Waals surface area contributed by atoms with E-state index in [2.05, 4.69) is 19.9 Å². The second kappa shape index (κ2) is 6.32. The van der Waals surface area contributed by atoms with E-state index < -0.39 is 10.0 Å². The Labute approximate surface area is 164 Å². The summed E-state index contributed by atoms with van der Waals surface area (Å²) < 4.78 is 33.1. The van der Waals surface area contributed by atoms with Crippen LogP contribution in [0.3, 0.4) is 0 Å². The highest BCUT2D eigenvalue weighted by molar-refractivity contribution is 7.93. The topological polar surface area (TPSA) is 94.7 Å². The van der Waals surface area contributed by atoms with Crippen LogP contribution >= 0.6 is 22.9 Å². The molecular formula is C16H15ClN6O2S2. The number of thiophene rings is 1. The van der Waals surface area contributed by atoms with Crippen LogP contribution in [0.4, 0.5) is 5.69 Å². The van der Waals surface area contributed by atoms with Crippen LogP contribution in [-0.2, 0) is 17.1 Å². The standard InChI is InChI=1S/C16H15ClN6O2S2/c1-9-14(16(22(3)20-9)23-8-18-7-19-23)21-27(24,25)15-10(2)26-13-5-4-11(17)6-12(13)15/h4-8,21H,1-3H3. The zero-order valence-corrected chi connectivity index (χ0v) is 17.0. The number of nitrogens with one attached hydrogen (secondary N) is 1. The Morgan fingerprint density at radius 3 is 2.74 bits per heavy atom. The van der Waals surface area contributed by atoms with Gasteiger partial charge in [-0.05, 0) is 32.0 Å². The number of rotatable bonds is 4. The summed E-state index contributed by atoms with van der Waals surface area (Å²) in [5.74, 6) is 0.476. The van der Waals surface area contributed by atoms with Gasteiger partial charge in [-0.2, -0.15) is 10.2 Å². The van der Waals surface area contributed by atoms with E-state index in [1.54, 1.807) is 37.7 Å². The Bertz CT molecular complexity index is 1260. The molecule has 1 aromatic carbocycles. The summed E-state index contributed by atoms with van der Waals surface area (Å²) >= 11 is 7.50. The third-order valence-electron chi connectivity index (χ3n) is 4.10. The number of aromatic nitrogens is 5. The molecule has 0 aliphatic carbocycles. The molecule has 0 bridgehead atoms. The maximum Gasteiger partial charge on any atom is 0.263 e. The molecule has 0 saturated heterocycles. The van der Waals surface area contributed by atoms with Crippen molar-refractivity contribution in [1.82, 2.24) is 24.5 Å². The van der Waals surface area contributed by atoms with Crippen LogP contribution in [0.5, 0.6) is 0 Å². The van der Waals surface area contributed by atoms with Gasteiger partial charge in [-0.1, -0.05) is 11.6 Å². The average Bonchev–Trinajstić information content (AvgIpc) is 3.26. The smallest absolute Gasteiger partial charge is 0.263 e. The molecule has 0 aliphatic heterocycles. The first-order valence-corrected chi connectivity index (χ1v) is 10.6. The van der Waals surface area contributed by atoms with Crippen molar-refractivity contribution in [2.75, 3.05) is 4.72 Å². The van der Waals surface area contributed by atoms with Crippen molar-refractivity contribution in [2.24, 2.45) is 7.05 Å². The Balaban J connectivity index is 1.87. The molecule has 0 fully saturated rings. The molecule has 1 N–H and O–H groups in total. The molecule has 27 heavy (non-hydrogen) atoms. The van der Waals surface area contributed by atoms with E-state index in [0.717, 1.165) is 4.70 Å². The molecule has 0 radical (unpaired) electrons. The lowest BCUT2D eigenvalue weighted by Gasteiger charge is -2.10. The minimum Gasteiger partial charge on any atom is -0.274 e. The van der Waals surface area contributed by atoms with Gasteiger partial charge in [-0.15, -0.1) is 11.3 Å². The van der Waals surface area contributed by atoms with E-state index >= 15 is 0 Å². The summed E-state index contributed by atoms with van der Waals surface area (Å²) in [7, 11) is -2.16. The second-order valence-corrected chi connectivity index (χ2v) is 9.29. The Morgan fingerprint density at radius 1 is 1.26 bits per heavy atom. The first-order chi connectivity index (χ1) is 12.8. The van der Waals surface area contributed by atoms with Crippen molar-refractivity contribution < 1.29 is 8.42 Å². The van der Waals surface area contributed by atoms with Gasteiger partial charge in [0.15, 0.2) is 5.82 Å². The maximum atomic E-state index is 13.3. The fourth-order valence-corrected chi connectivity index (χ4v) is 6.11. The number of hydrogen-bond donors (Lipinski definition) is 1. The predicted molar refractivity (Wildman–Crippen MR) is 105 cm³/mol. The van der Waals surface area contributed by atoms with Crippen LogP contribution in [-0.4, -0.2) is 33.0 Å². The van der Waals surface area contributed by atoms with Crippen LogP contribution in [0.15, 0.2) is 35.7 Å². The van der Waals surface area contributed by atoms with Gasteiger partial charge in [0.05, 0.1) is 5.69 Å².